The zero-order valence-corrected chi connectivity index (χ0v) is 22.3. The highest BCUT2D eigenvalue weighted by molar-refractivity contribution is 5.68. The minimum absolute atomic E-state index is 0.00576. The van der Waals surface area contributed by atoms with Crippen molar-refractivity contribution >= 4 is 17.9 Å². The summed E-state index contributed by atoms with van der Waals surface area (Å²) < 4.78 is 56.7. The monoisotopic (exact) mass is 534 g/mol. The summed E-state index contributed by atoms with van der Waals surface area (Å²) in [6.45, 7) is 15.1. The molecule has 0 aromatic heterocycles. The van der Waals surface area contributed by atoms with Crippen LogP contribution in [0.4, 0.5) is 32.8 Å². The molecule has 1 aromatic rings. The second-order valence-electron chi connectivity index (χ2n) is 11.2. The zero-order valence-electron chi connectivity index (χ0n) is 22.3. The van der Waals surface area contributed by atoms with Crippen LogP contribution in [0.3, 0.4) is 0 Å². The van der Waals surface area contributed by atoms with Crippen LogP contribution in [0.5, 0.6) is 0 Å². The quantitative estimate of drug-likeness (QED) is 0.500. The lowest BCUT2D eigenvalue weighted by Crippen LogP contribution is -2.58. The van der Waals surface area contributed by atoms with E-state index in [4.69, 9.17) is 9.84 Å². The number of piperazine rings is 2. The molecule has 0 saturated carbocycles. The van der Waals surface area contributed by atoms with Crippen molar-refractivity contribution in [3.8, 4) is 0 Å². The largest absolute Gasteiger partial charge is 0.465 e. The number of ether oxygens (including phenoxy) is 1. The van der Waals surface area contributed by atoms with Gasteiger partial charge >= 0.3 is 18.4 Å². The van der Waals surface area contributed by atoms with E-state index in [-0.39, 0.29) is 11.5 Å². The number of nitrogens with one attached hydrogen (secondary N) is 1. The van der Waals surface area contributed by atoms with E-state index in [9.17, 15) is 27.2 Å². The van der Waals surface area contributed by atoms with Gasteiger partial charge in [-0.25, -0.2) is 14.0 Å². The molecule has 2 saturated heterocycles. The number of amides is 2. The number of alkyl halides is 3. The van der Waals surface area contributed by atoms with E-state index in [1.54, 1.807) is 25.7 Å². The van der Waals surface area contributed by atoms with Gasteiger partial charge in [-0.05, 0) is 44.4 Å². The lowest BCUT2D eigenvalue weighted by atomic mass is 9.85. The summed E-state index contributed by atoms with van der Waals surface area (Å²) in [5.41, 5.74) is -1.50. The number of rotatable bonds is 1. The normalized spacial score (nSPS) is 19.2. The smallest absolute Gasteiger partial charge is 0.419 e. The van der Waals surface area contributed by atoms with Gasteiger partial charge in [-0.1, -0.05) is 20.8 Å². The van der Waals surface area contributed by atoms with Crippen LogP contribution in [-0.4, -0.2) is 84.5 Å². The third kappa shape index (κ3) is 8.94. The van der Waals surface area contributed by atoms with Crippen molar-refractivity contribution in [2.75, 3.05) is 50.7 Å². The fraction of sp³-hybridized carbons (Fsp3) is 0.680. The van der Waals surface area contributed by atoms with Crippen LogP contribution in [0.25, 0.3) is 0 Å². The number of carbonyl (C=O) groups excluding carboxylic acids is 1. The molecule has 3 rings (SSSR count). The number of carboxylic acid groups (broad SMARTS) is 1. The number of halogens is 4. The topological polar surface area (TPSA) is 85.3 Å². The molecule has 2 aliphatic rings. The first kappa shape index (κ1) is 30.5. The highest BCUT2D eigenvalue weighted by Gasteiger charge is 2.36. The van der Waals surface area contributed by atoms with Gasteiger partial charge in [0.05, 0.1) is 11.6 Å². The van der Waals surface area contributed by atoms with Crippen LogP contribution < -0.4 is 10.2 Å². The fourth-order valence-electron chi connectivity index (χ4n) is 4.11. The van der Waals surface area contributed by atoms with E-state index < -0.39 is 35.3 Å². The average molecular weight is 535 g/mol. The Kier molecular flexibility index (Phi) is 9.67. The molecule has 210 valence electrons. The van der Waals surface area contributed by atoms with E-state index in [0.29, 0.717) is 38.4 Å². The van der Waals surface area contributed by atoms with Gasteiger partial charge in [0.1, 0.15) is 11.4 Å². The van der Waals surface area contributed by atoms with Crippen LogP contribution in [-0.2, 0) is 10.9 Å². The third-order valence-corrected chi connectivity index (χ3v) is 6.04. The summed E-state index contributed by atoms with van der Waals surface area (Å²) in [5.74, 6) is -1.30. The molecule has 1 atom stereocenters. The van der Waals surface area contributed by atoms with E-state index in [1.165, 1.54) is 15.9 Å². The molecule has 0 spiro atoms. The second-order valence-corrected chi connectivity index (χ2v) is 11.2. The molecule has 0 aliphatic carbocycles. The maximum atomic E-state index is 13.7. The van der Waals surface area contributed by atoms with Crippen molar-refractivity contribution in [2.45, 2.75) is 59.4 Å². The summed E-state index contributed by atoms with van der Waals surface area (Å²) >= 11 is 0. The number of carbonyl (C=O) groups is 2. The predicted molar refractivity (Wildman–Crippen MR) is 132 cm³/mol. The Morgan fingerprint density at radius 2 is 1.59 bits per heavy atom. The maximum absolute atomic E-state index is 13.7. The molecule has 0 bridgehead atoms. The Hall–Kier alpha value is -2.76. The van der Waals surface area contributed by atoms with Gasteiger partial charge in [0.2, 0.25) is 0 Å². The molecule has 8 nitrogen and oxygen atoms in total. The summed E-state index contributed by atoms with van der Waals surface area (Å²) in [4.78, 5) is 27.7. The highest BCUT2D eigenvalue weighted by atomic mass is 19.4. The SMILES string of the molecule is CC(C)(C)C1CNCCN1C(=O)O.CC(C)(C)OC(=O)N1CCN(c2ccc(C(F)(F)F)c(F)c2)CC1. The summed E-state index contributed by atoms with van der Waals surface area (Å²) in [7, 11) is 0. The molecule has 12 heteroatoms. The molecular weight excluding hydrogens is 496 g/mol. The zero-order chi connectivity index (χ0) is 28.2. The Bertz CT molecular complexity index is 936. The fourth-order valence-corrected chi connectivity index (χ4v) is 4.11. The maximum Gasteiger partial charge on any atom is 0.419 e. The summed E-state index contributed by atoms with van der Waals surface area (Å²) in [6, 6.07) is 2.95. The van der Waals surface area contributed by atoms with Crippen molar-refractivity contribution in [1.29, 1.82) is 0 Å². The van der Waals surface area contributed by atoms with E-state index >= 15 is 0 Å². The van der Waals surface area contributed by atoms with Crippen LogP contribution in [0.15, 0.2) is 18.2 Å². The van der Waals surface area contributed by atoms with E-state index in [1.807, 2.05) is 0 Å². The van der Waals surface area contributed by atoms with Gasteiger partial charge in [-0.3, -0.25) is 0 Å². The third-order valence-electron chi connectivity index (χ3n) is 6.04. The molecule has 1 unspecified atom stereocenters. The minimum Gasteiger partial charge on any atom is -0.465 e. The van der Waals surface area contributed by atoms with E-state index in [0.717, 1.165) is 25.2 Å². The molecule has 2 fully saturated rings. The molecule has 2 heterocycles. The summed E-state index contributed by atoms with van der Waals surface area (Å²) in [6.07, 6.45) is -5.94. The van der Waals surface area contributed by atoms with Crippen LogP contribution >= 0.6 is 0 Å². The molecule has 0 radical (unpaired) electrons. The first-order chi connectivity index (χ1) is 16.9. The van der Waals surface area contributed by atoms with Crippen LogP contribution in [0.2, 0.25) is 0 Å². The average Bonchev–Trinajstić information content (AvgIpc) is 2.77. The Morgan fingerprint density at radius 3 is 2.03 bits per heavy atom. The van der Waals surface area contributed by atoms with Crippen molar-refractivity contribution in [2.24, 2.45) is 5.41 Å². The van der Waals surface area contributed by atoms with Gasteiger partial charge in [0, 0.05) is 51.5 Å². The van der Waals surface area contributed by atoms with Gasteiger partial charge in [0.25, 0.3) is 0 Å². The number of nitrogens with zero attached hydrogens (tertiary/aromatic N) is 3. The Morgan fingerprint density at radius 1 is 1.00 bits per heavy atom. The molecule has 2 aliphatic heterocycles. The molecule has 2 N–H and O–H groups in total. The molecule has 2 amide bonds. The number of anilines is 1. The van der Waals surface area contributed by atoms with Crippen molar-refractivity contribution in [3.63, 3.8) is 0 Å². The van der Waals surface area contributed by atoms with Gasteiger partial charge in [-0.15, -0.1) is 0 Å². The van der Waals surface area contributed by atoms with E-state index in [2.05, 4.69) is 26.1 Å². The minimum atomic E-state index is -4.71. The van der Waals surface area contributed by atoms with Crippen LogP contribution in [0, 0.1) is 11.2 Å². The second kappa shape index (κ2) is 11.7. The first-order valence-electron chi connectivity index (χ1n) is 12.2. The molecule has 1 aromatic carbocycles. The Balaban J connectivity index is 0.000000312. The molecular formula is C25H38F4N4O4. The van der Waals surface area contributed by atoms with Gasteiger partial charge in [-0.2, -0.15) is 13.2 Å². The lowest BCUT2D eigenvalue weighted by Gasteiger charge is -2.41. The highest BCUT2D eigenvalue weighted by Crippen LogP contribution is 2.33. The predicted octanol–water partition coefficient (Wildman–Crippen LogP) is 4.89. The van der Waals surface area contributed by atoms with Gasteiger partial charge in [0.15, 0.2) is 0 Å². The first-order valence-corrected chi connectivity index (χ1v) is 12.2. The number of hydrogen-bond donors (Lipinski definition) is 2. The summed E-state index contributed by atoms with van der Waals surface area (Å²) in [5, 5.41) is 12.2. The van der Waals surface area contributed by atoms with Crippen molar-refractivity contribution in [3.05, 3.63) is 29.6 Å². The number of hydrogen-bond acceptors (Lipinski definition) is 5. The standard InChI is InChI=1S/C16H20F4N2O2.C9H18N2O2/c1-15(2,3)24-14(23)22-8-6-21(7-9-22)11-4-5-12(13(17)10-11)16(18,19)20;1-9(2,3)7-6-10-4-5-11(7)8(12)13/h4-5,10H,6-9H2,1-3H3;7,10H,4-6H2,1-3H3,(H,12,13). The van der Waals surface area contributed by atoms with Crippen molar-refractivity contribution < 1.29 is 37.0 Å². The van der Waals surface area contributed by atoms with Gasteiger partial charge < -0.3 is 29.9 Å². The van der Waals surface area contributed by atoms with Crippen molar-refractivity contribution in [1.82, 2.24) is 15.1 Å². The Labute approximate surface area is 215 Å². The number of benzene rings is 1. The lowest BCUT2D eigenvalue weighted by molar-refractivity contribution is -0.140. The molecule has 37 heavy (non-hydrogen) atoms. The van der Waals surface area contributed by atoms with Crippen LogP contribution in [0.1, 0.15) is 47.1 Å².